The normalized spacial score (nSPS) is 13.4. The summed E-state index contributed by atoms with van der Waals surface area (Å²) in [6.07, 6.45) is -3.25. The molecule has 1 heterocycles. The number of rotatable bonds is 5. The van der Waals surface area contributed by atoms with Crippen LogP contribution in [0.1, 0.15) is 31.0 Å². The molecule has 7 heteroatoms. The summed E-state index contributed by atoms with van der Waals surface area (Å²) in [5, 5.41) is 8.26. The number of nitrogens with two attached hydrogens (primary N) is 1. The largest absolute Gasteiger partial charge is 0.389 e. The Balaban J connectivity index is 1.95. The van der Waals surface area contributed by atoms with E-state index in [2.05, 4.69) is 10.2 Å². The first-order valence-corrected chi connectivity index (χ1v) is 6.26. The molecule has 4 nitrogen and oxygen atoms in total. The van der Waals surface area contributed by atoms with E-state index in [1.165, 1.54) is 11.0 Å². The van der Waals surface area contributed by atoms with E-state index in [1.54, 1.807) is 0 Å². The lowest BCUT2D eigenvalue weighted by Crippen LogP contribution is -2.14. The number of halogens is 3. The van der Waals surface area contributed by atoms with E-state index >= 15 is 0 Å². The maximum absolute atomic E-state index is 12.1. The summed E-state index contributed by atoms with van der Waals surface area (Å²) in [7, 11) is 0. The molecule has 2 aromatic rings. The molecule has 0 amide bonds. The van der Waals surface area contributed by atoms with Gasteiger partial charge in [-0.1, -0.05) is 18.2 Å². The van der Waals surface area contributed by atoms with Gasteiger partial charge in [0.15, 0.2) is 0 Å². The highest BCUT2D eigenvalue weighted by Crippen LogP contribution is 2.24. The number of hydrogen-bond acceptors (Lipinski definition) is 3. The van der Waals surface area contributed by atoms with Crippen molar-refractivity contribution in [2.75, 3.05) is 0 Å². The van der Waals surface area contributed by atoms with Crippen LogP contribution in [0, 0.1) is 0 Å². The minimum atomic E-state index is -4.14. The summed E-state index contributed by atoms with van der Waals surface area (Å²) in [4.78, 5) is 1.42. The quantitative estimate of drug-likeness (QED) is 0.918. The van der Waals surface area contributed by atoms with Gasteiger partial charge in [0.2, 0.25) is 0 Å². The van der Waals surface area contributed by atoms with Crippen LogP contribution in [0.3, 0.4) is 0 Å². The average Bonchev–Trinajstić information content (AvgIpc) is 2.88. The summed E-state index contributed by atoms with van der Waals surface area (Å²) >= 11 is 0. The third kappa shape index (κ3) is 4.06. The fourth-order valence-corrected chi connectivity index (χ4v) is 1.80. The van der Waals surface area contributed by atoms with E-state index in [0.717, 1.165) is 5.69 Å². The Kier molecular flexibility index (Phi) is 4.39. The Morgan fingerprint density at radius 3 is 2.55 bits per heavy atom. The molecule has 2 N–H and O–H groups in total. The van der Waals surface area contributed by atoms with Crippen LogP contribution in [0.15, 0.2) is 36.5 Å². The third-order valence-corrected chi connectivity index (χ3v) is 2.85. The summed E-state index contributed by atoms with van der Waals surface area (Å²) in [6.45, 7) is 0. The maximum atomic E-state index is 12.1. The second-order valence-electron chi connectivity index (χ2n) is 4.51. The summed E-state index contributed by atoms with van der Waals surface area (Å²) in [5.74, 6) is 0. The standard InChI is InChI=1S/C13H15F3N4/c14-13(15,16)8-4-7-11(17)12-9-18-20(19-12)10-5-2-1-3-6-10/h1-3,5-6,9,11H,4,7-8,17H2. The van der Waals surface area contributed by atoms with Gasteiger partial charge < -0.3 is 5.73 Å². The van der Waals surface area contributed by atoms with Crippen molar-refractivity contribution in [3.8, 4) is 5.69 Å². The zero-order valence-electron chi connectivity index (χ0n) is 10.7. The Hall–Kier alpha value is -1.89. The molecule has 0 radical (unpaired) electrons. The maximum Gasteiger partial charge on any atom is 0.389 e. The second kappa shape index (κ2) is 6.04. The molecule has 0 aliphatic carbocycles. The fraction of sp³-hybridized carbons (Fsp3) is 0.385. The molecule has 0 spiro atoms. The Bertz CT molecular complexity index is 536. The van der Waals surface area contributed by atoms with E-state index in [-0.39, 0.29) is 12.8 Å². The highest BCUT2D eigenvalue weighted by molar-refractivity contribution is 5.28. The van der Waals surface area contributed by atoms with Crippen LogP contribution >= 0.6 is 0 Å². The molecule has 1 atom stereocenters. The van der Waals surface area contributed by atoms with Gasteiger partial charge in [0.1, 0.15) is 0 Å². The number of aromatic nitrogens is 3. The van der Waals surface area contributed by atoms with Crippen molar-refractivity contribution in [3.63, 3.8) is 0 Å². The molecule has 0 bridgehead atoms. The van der Waals surface area contributed by atoms with Gasteiger partial charge in [0.05, 0.1) is 23.6 Å². The van der Waals surface area contributed by atoms with Gasteiger partial charge in [-0.15, -0.1) is 0 Å². The van der Waals surface area contributed by atoms with Gasteiger partial charge in [0, 0.05) is 6.42 Å². The molecule has 1 aromatic carbocycles. The van der Waals surface area contributed by atoms with Crippen molar-refractivity contribution in [3.05, 3.63) is 42.2 Å². The molecule has 1 unspecified atom stereocenters. The van der Waals surface area contributed by atoms with E-state index in [0.29, 0.717) is 5.69 Å². The van der Waals surface area contributed by atoms with Crippen molar-refractivity contribution >= 4 is 0 Å². The first-order chi connectivity index (χ1) is 9.46. The lowest BCUT2D eigenvalue weighted by molar-refractivity contribution is -0.135. The highest BCUT2D eigenvalue weighted by Gasteiger charge is 2.26. The lowest BCUT2D eigenvalue weighted by atomic mass is 10.1. The average molecular weight is 284 g/mol. The lowest BCUT2D eigenvalue weighted by Gasteiger charge is -2.09. The van der Waals surface area contributed by atoms with E-state index < -0.39 is 18.6 Å². The Morgan fingerprint density at radius 1 is 1.20 bits per heavy atom. The molecule has 0 saturated heterocycles. The van der Waals surface area contributed by atoms with Crippen molar-refractivity contribution in [2.24, 2.45) is 5.73 Å². The monoisotopic (exact) mass is 284 g/mol. The molecule has 2 rings (SSSR count). The molecule has 0 aliphatic rings. The van der Waals surface area contributed by atoms with Crippen molar-refractivity contribution in [1.82, 2.24) is 15.0 Å². The molecule has 0 fully saturated rings. The summed E-state index contributed by atoms with van der Waals surface area (Å²) < 4.78 is 36.2. The van der Waals surface area contributed by atoms with Crippen LogP contribution < -0.4 is 5.73 Å². The minimum absolute atomic E-state index is 0.0110. The van der Waals surface area contributed by atoms with Crippen LogP contribution in [-0.4, -0.2) is 21.2 Å². The van der Waals surface area contributed by atoms with Gasteiger partial charge in [-0.3, -0.25) is 0 Å². The smallest absolute Gasteiger partial charge is 0.323 e. The van der Waals surface area contributed by atoms with Crippen LogP contribution in [-0.2, 0) is 0 Å². The molecule has 0 saturated carbocycles. The SMILES string of the molecule is NC(CCCC(F)(F)F)c1cnn(-c2ccccc2)n1. The second-order valence-corrected chi connectivity index (χ2v) is 4.51. The van der Waals surface area contributed by atoms with Crippen molar-refractivity contribution in [2.45, 2.75) is 31.5 Å². The van der Waals surface area contributed by atoms with Crippen LogP contribution in [0.4, 0.5) is 13.2 Å². The van der Waals surface area contributed by atoms with Gasteiger partial charge in [-0.2, -0.15) is 28.2 Å². The number of nitrogens with zero attached hydrogens (tertiary/aromatic N) is 3. The molecular weight excluding hydrogens is 269 g/mol. The predicted octanol–water partition coefficient (Wildman–Crippen LogP) is 3.00. The topological polar surface area (TPSA) is 56.7 Å². The van der Waals surface area contributed by atoms with Gasteiger partial charge in [-0.05, 0) is 25.0 Å². The number of benzene rings is 1. The third-order valence-electron chi connectivity index (χ3n) is 2.85. The number of hydrogen-bond donors (Lipinski definition) is 1. The van der Waals surface area contributed by atoms with Crippen LogP contribution in [0.5, 0.6) is 0 Å². The molecule has 108 valence electrons. The van der Waals surface area contributed by atoms with Gasteiger partial charge in [-0.25, -0.2) is 0 Å². The van der Waals surface area contributed by atoms with E-state index in [1.807, 2.05) is 30.3 Å². The van der Waals surface area contributed by atoms with Crippen molar-refractivity contribution in [1.29, 1.82) is 0 Å². The Morgan fingerprint density at radius 2 is 1.90 bits per heavy atom. The minimum Gasteiger partial charge on any atom is -0.323 e. The fourth-order valence-electron chi connectivity index (χ4n) is 1.80. The first-order valence-electron chi connectivity index (χ1n) is 6.26. The van der Waals surface area contributed by atoms with E-state index in [9.17, 15) is 13.2 Å². The zero-order valence-corrected chi connectivity index (χ0v) is 10.7. The molecular formula is C13H15F3N4. The first kappa shape index (κ1) is 14.5. The van der Waals surface area contributed by atoms with Crippen LogP contribution in [0.2, 0.25) is 0 Å². The predicted molar refractivity (Wildman–Crippen MR) is 68.2 cm³/mol. The van der Waals surface area contributed by atoms with Gasteiger partial charge >= 0.3 is 6.18 Å². The number of alkyl halides is 3. The van der Waals surface area contributed by atoms with E-state index in [4.69, 9.17) is 5.73 Å². The van der Waals surface area contributed by atoms with Crippen molar-refractivity contribution < 1.29 is 13.2 Å². The number of para-hydroxylation sites is 1. The molecule has 0 aliphatic heterocycles. The molecule has 1 aromatic heterocycles. The van der Waals surface area contributed by atoms with Crippen LogP contribution in [0.25, 0.3) is 5.69 Å². The Labute approximate surface area is 114 Å². The zero-order chi connectivity index (χ0) is 14.6. The summed E-state index contributed by atoms with van der Waals surface area (Å²) in [5.41, 5.74) is 7.11. The van der Waals surface area contributed by atoms with Gasteiger partial charge in [0.25, 0.3) is 0 Å². The summed E-state index contributed by atoms with van der Waals surface area (Å²) in [6, 6.07) is 8.70. The highest BCUT2D eigenvalue weighted by atomic mass is 19.4. The molecule has 20 heavy (non-hydrogen) atoms.